The molecule has 246 valence electrons. The number of aryl methyl sites for hydroxylation is 5. The second-order valence-corrected chi connectivity index (χ2v) is 12.1. The lowest BCUT2D eigenvalue weighted by molar-refractivity contribution is 0.0887. The molecule has 0 radical (unpaired) electrons. The summed E-state index contributed by atoms with van der Waals surface area (Å²) in [6.07, 6.45) is 12.2. The molecule has 0 saturated heterocycles. The molecule has 0 saturated carbocycles. The molecule has 2 aliphatic rings. The molecule has 2 aliphatic carbocycles. The fourth-order valence-electron chi connectivity index (χ4n) is 7.00. The maximum atomic E-state index is 13.0. The number of para-hydroxylation sites is 2. The molecule has 0 bridgehead atoms. The lowest BCUT2D eigenvalue weighted by Crippen LogP contribution is -2.27. The molecular formula is C37H42I2N6O2. The Labute approximate surface area is 299 Å². The number of halogens is 2. The summed E-state index contributed by atoms with van der Waals surface area (Å²) in [7, 11) is 4.12. The quantitative estimate of drug-likeness (QED) is 0.167. The highest BCUT2D eigenvalue weighted by Gasteiger charge is 2.32. The van der Waals surface area contributed by atoms with Crippen molar-refractivity contribution in [2.75, 3.05) is 0 Å². The average molecular weight is 857 g/mol. The highest BCUT2D eigenvalue weighted by molar-refractivity contribution is 15.0. The van der Waals surface area contributed by atoms with E-state index in [1.54, 1.807) is 6.20 Å². The Morgan fingerprint density at radius 1 is 0.745 bits per heavy atom. The average Bonchev–Trinajstić information content (AvgIpc) is 3.86. The monoisotopic (exact) mass is 856 g/mol. The summed E-state index contributed by atoms with van der Waals surface area (Å²) in [6, 6.07) is 16.4. The zero-order valence-corrected chi connectivity index (χ0v) is 32.0. The van der Waals surface area contributed by atoms with Crippen LogP contribution in [0, 0.1) is 19.8 Å². The van der Waals surface area contributed by atoms with Gasteiger partial charge in [-0.15, -0.1) is 0 Å². The van der Waals surface area contributed by atoms with Gasteiger partial charge in [-0.2, -0.15) is 0 Å². The van der Waals surface area contributed by atoms with Gasteiger partial charge < -0.3 is 18.3 Å². The molecular weight excluding hydrogens is 814 g/mol. The molecule has 8 nitrogen and oxygen atoms in total. The molecule has 0 fully saturated rings. The zero-order valence-electron chi connectivity index (χ0n) is 27.7. The number of ketones is 2. The number of nitrogens with zero attached hydrogens (tertiary/aromatic N) is 6. The highest BCUT2D eigenvalue weighted by Crippen LogP contribution is 2.34. The van der Waals surface area contributed by atoms with Crippen LogP contribution >= 0.6 is 37.2 Å². The van der Waals surface area contributed by atoms with E-state index >= 15 is 0 Å². The smallest absolute Gasteiger partial charge is 0.170 e. The summed E-state index contributed by atoms with van der Waals surface area (Å²) in [5.74, 6) is 2.70. The first kappa shape index (κ1) is 35.1. The second-order valence-electron chi connectivity index (χ2n) is 12.1. The van der Waals surface area contributed by atoms with E-state index in [2.05, 4.69) is 111 Å². The Morgan fingerprint density at radius 2 is 1.28 bits per heavy atom. The predicted molar refractivity (Wildman–Crippen MR) is 207 cm³/mol. The van der Waals surface area contributed by atoms with E-state index in [0.717, 1.165) is 77.8 Å². The standard InChI is InChI=1S/C18H19N3O.C13H13NO.C6H10N2.I2/c1-12-19-9-10-21(12)11-13-7-8-16-17(18(13)22)14-5-3-4-6-15(14)20(16)2;1-14-10-6-3-2-5-9(10)13-11(14)7-4-8-12(13)15;1-3-8-5-4-7-6(8)2;1-2/h3-6,9-10,13H,7-8,11H2,1-2H3;2-3,5-6H,4,7-8H2,1H3;4-5H,3H2,1-2H3;. The number of aromatic nitrogens is 6. The summed E-state index contributed by atoms with van der Waals surface area (Å²) in [4.78, 5) is 33.2. The van der Waals surface area contributed by atoms with Gasteiger partial charge in [-0.05, 0) is 58.6 Å². The number of fused-ring (bicyclic) bond motifs is 6. The summed E-state index contributed by atoms with van der Waals surface area (Å²) in [6.45, 7) is 7.84. The number of benzene rings is 2. The van der Waals surface area contributed by atoms with Crippen LogP contribution in [0.2, 0.25) is 0 Å². The molecule has 6 aromatic rings. The van der Waals surface area contributed by atoms with Gasteiger partial charge >= 0.3 is 0 Å². The lowest BCUT2D eigenvalue weighted by atomic mass is 9.85. The van der Waals surface area contributed by atoms with Crippen LogP contribution in [0.25, 0.3) is 21.8 Å². The first-order valence-electron chi connectivity index (χ1n) is 16.1. The van der Waals surface area contributed by atoms with E-state index in [1.165, 1.54) is 16.9 Å². The van der Waals surface area contributed by atoms with Crippen molar-refractivity contribution in [3.05, 3.63) is 107 Å². The van der Waals surface area contributed by atoms with Gasteiger partial charge in [0.25, 0.3) is 0 Å². The van der Waals surface area contributed by atoms with Crippen LogP contribution in [0.5, 0.6) is 0 Å². The number of rotatable bonds is 3. The molecule has 0 aliphatic heterocycles. The minimum atomic E-state index is 0.0474. The number of Topliss-reactive ketones (excluding diaryl/α,β-unsaturated/α-hetero) is 2. The summed E-state index contributed by atoms with van der Waals surface area (Å²) >= 11 is 4.24. The molecule has 4 heterocycles. The maximum absolute atomic E-state index is 13.0. The van der Waals surface area contributed by atoms with E-state index in [1.807, 2.05) is 56.7 Å². The fourth-order valence-corrected chi connectivity index (χ4v) is 7.00. The van der Waals surface area contributed by atoms with E-state index in [-0.39, 0.29) is 11.7 Å². The molecule has 0 N–H and O–H groups in total. The normalized spacial score (nSPS) is 15.2. The van der Waals surface area contributed by atoms with E-state index < -0.39 is 0 Å². The molecule has 0 spiro atoms. The SMILES string of the molecule is CCn1ccnc1C.Cc1nccn1CC1CCc2c(c3ccccc3n2C)C1=O.Cn1c2c(c3ccccc31)C(=O)CCC2.II. The molecule has 47 heavy (non-hydrogen) atoms. The summed E-state index contributed by atoms with van der Waals surface area (Å²) < 4.78 is 8.53. The van der Waals surface area contributed by atoms with Crippen molar-refractivity contribution in [1.29, 1.82) is 0 Å². The van der Waals surface area contributed by atoms with Crippen molar-refractivity contribution >= 4 is 70.6 Å². The number of imidazole rings is 2. The third kappa shape index (κ3) is 7.13. The van der Waals surface area contributed by atoms with Crippen molar-refractivity contribution in [3.8, 4) is 0 Å². The van der Waals surface area contributed by atoms with Gasteiger partial charge in [-0.3, -0.25) is 9.59 Å². The Morgan fingerprint density at radius 3 is 1.81 bits per heavy atom. The van der Waals surface area contributed by atoms with Gasteiger partial charge in [0.1, 0.15) is 11.6 Å². The van der Waals surface area contributed by atoms with E-state index in [4.69, 9.17) is 0 Å². The zero-order chi connectivity index (χ0) is 33.7. The van der Waals surface area contributed by atoms with Crippen LogP contribution in [-0.2, 0) is 40.0 Å². The van der Waals surface area contributed by atoms with Crippen molar-refractivity contribution in [1.82, 2.24) is 28.2 Å². The van der Waals surface area contributed by atoms with E-state index in [0.29, 0.717) is 12.2 Å². The van der Waals surface area contributed by atoms with Crippen molar-refractivity contribution in [2.24, 2.45) is 20.0 Å². The third-order valence-electron chi connectivity index (χ3n) is 9.50. The molecule has 8 rings (SSSR count). The van der Waals surface area contributed by atoms with Crippen molar-refractivity contribution in [3.63, 3.8) is 0 Å². The number of carbonyl (C=O) groups is 2. The first-order chi connectivity index (χ1) is 22.8. The molecule has 4 aromatic heterocycles. The van der Waals surface area contributed by atoms with Gasteiger partial charge in [-0.25, -0.2) is 9.97 Å². The summed E-state index contributed by atoms with van der Waals surface area (Å²) in [5, 5.41) is 2.22. The van der Waals surface area contributed by atoms with Crippen LogP contribution in [0.4, 0.5) is 0 Å². The molecule has 1 unspecified atom stereocenters. The van der Waals surface area contributed by atoms with Crippen molar-refractivity contribution < 1.29 is 9.59 Å². The minimum Gasteiger partial charge on any atom is -0.347 e. The van der Waals surface area contributed by atoms with Gasteiger partial charge in [0, 0.05) is 146 Å². The molecule has 2 aromatic carbocycles. The van der Waals surface area contributed by atoms with Gasteiger partial charge in [0.15, 0.2) is 11.6 Å². The van der Waals surface area contributed by atoms with Crippen LogP contribution in [-0.4, -0.2) is 39.8 Å². The maximum Gasteiger partial charge on any atom is 0.170 e. The van der Waals surface area contributed by atoms with Gasteiger partial charge in [0.2, 0.25) is 0 Å². The van der Waals surface area contributed by atoms with Crippen LogP contribution in [0.1, 0.15) is 69.9 Å². The second kappa shape index (κ2) is 15.8. The molecule has 0 amide bonds. The Bertz CT molecular complexity index is 2010. The van der Waals surface area contributed by atoms with Gasteiger partial charge in [-0.1, -0.05) is 36.4 Å². The third-order valence-corrected chi connectivity index (χ3v) is 9.50. The molecule has 10 heteroatoms. The summed E-state index contributed by atoms with van der Waals surface area (Å²) in [5.41, 5.74) is 6.64. The Kier molecular flexibility index (Phi) is 11.8. The number of carbonyl (C=O) groups excluding carboxylic acids is 2. The van der Waals surface area contributed by atoms with Gasteiger partial charge in [0.05, 0.1) is 0 Å². The minimum absolute atomic E-state index is 0.0474. The lowest BCUT2D eigenvalue weighted by Gasteiger charge is -2.23. The predicted octanol–water partition coefficient (Wildman–Crippen LogP) is 8.81. The van der Waals surface area contributed by atoms with Crippen molar-refractivity contribution in [2.45, 2.75) is 66.0 Å². The number of hydrogen-bond donors (Lipinski definition) is 0. The highest BCUT2D eigenvalue weighted by atomic mass is 128. The first-order valence-corrected chi connectivity index (χ1v) is 22.4. The van der Waals surface area contributed by atoms with Crippen LogP contribution in [0.15, 0.2) is 73.3 Å². The van der Waals surface area contributed by atoms with Crippen LogP contribution < -0.4 is 0 Å². The Hall–Kier alpha value is -3.26. The molecule has 1 atom stereocenters. The fraction of sp³-hybridized carbons (Fsp3) is 0.351. The number of hydrogen-bond acceptors (Lipinski definition) is 4. The van der Waals surface area contributed by atoms with E-state index in [9.17, 15) is 9.59 Å². The topological polar surface area (TPSA) is 79.6 Å². The van der Waals surface area contributed by atoms with Crippen LogP contribution in [0.3, 0.4) is 0 Å². The Balaban J connectivity index is 0.000000149. The largest absolute Gasteiger partial charge is 0.347 e.